The number of aryl methyl sites for hydroxylation is 1. The molecule has 0 N–H and O–H groups in total. The molecule has 3 heteroatoms. The van der Waals surface area contributed by atoms with E-state index in [1.54, 1.807) is 9.62 Å². The summed E-state index contributed by atoms with van der Waals surface area (Å²) >= 11 is 0.374. The van der Waals surface area contributed by atoms with Crippen LogP contribution in [0.2, 0.25) is 19.6 Å². The van der Waals surface area contributed by atoms with Crippen molar-refractivity contribution in [3.8, 4) is 11.1 Å². The molecule has 0 aliphatic heterocycles. The second-order valence-corrected chi connectivity index (χ2v) is 15.5. The van der Waals surface area contributed by atoms with Crippen molar-refractivity contribution < 1.29 is 0 Å². The van der Waals surface area contributed by atoms with E-state index in [9.17, 15) is 0 Å². The van der Waals surface area contributed by atoms with Gasteiger partial charge in [0.05, 0.1) is 0 Å². The van der Waals surface area contributed by atoms with E-state index < -0.39 is 8.07 Å². The Kier molecular flexibility index (Phi) is 6.26. The van der Waals surface area contributed by atoms with Gasteiger partial charge in [-0.05, 0) is 0 Å². The summed E-state index contributed by atoms with van der Waals surface area (Å²) in [4.78, 5) is 2.54. The first-order valence-electron chi connectivity index (χ1n) is 9.51. The van der Waals surface area contributed by atoms with Gasteiger partial charge in [0.1, 0.15) is 0 Å². The molecular weight excluding hydrogens is 409 g/mol. The number of anilines is 1. The fourth-order valence-electron chi connectivity index (χ4n) is 3.71. The molecule has 0 atom stereocenters. The van der Waals surface area contributed by atoms with E-state index in [1.807, 2.05) is 6.08 Å². The summed E-state index contributed by atoms with van der Waals surface area (Å²) in [7, 11) is -1.45. The SMILES string of the molecule is C=CCN(Cc1ccccc1)c1[se]c(C)c([Si](C)(C)C)c1-c1ccccc1. The molecule has 0 radical (unpaired) electrons. The zero-order chi connectivity index (χ0) is 19.4. The van der Waals surface area contributed by atoms with Crippen LogP contribution in [0.4, 0.5) is 4.56 Å². The summed E-state index contributed by atoms with van der Waals surface area (Å²) in [6, 6.07) is 21.8. The van der Waals surface area contributed by atoms with Crippen molar-refractivity contribution in [2.45, 2.75) is 33.1 Å². The number of rotatable bonds is 7. The van der Waals surface area contributed by atoms with Gasteiger partial charge in [-0.3, -0.25) is 0 Å². The normalized spacial score (nSPS) is 11.4. The summed E-state index contributed by atoms with van der Waals surface area (Å²) in [5.41, 5.74) is 4.23. The van der Waals surface area contributed by atoms with Gasteiger partial charge in [0.25, 0.3) is 0 Å². The Morgan fingerprint density at radius 2 is 1.56 bits per heavy atom. The molecule has 0 amide bonds. The van der Waals surface area contributed by atoms with Gasteiger partial charge in [0, 0.05) is 0 Å². The molecule has 3 aromatic rings. The molecule has 1 heterocycles. The van der Waals surface area contributed by atoms with Crippen LogP contribution < -0.4 is 10.1 Å². The Hall–Kier alpha value is -1.80. The predicted molar refractivity (Wildman–Crippen MR) is 124 cm³/mol. The summed E-state index contributed by atoms with van der Waals surface area (Å²) in [6.07, 6.45) is 2.04. The molecule has 0 unspecified atom stereocenters. The van der Waals surface area contributed by atoms with E-state index >= 15 is 0 Å². The van der Waals surface area contributed by atoms with Crippen LogP contribution in [-0.2, 0) is 6.54 Å². The Balaban J connectivity index is 2.16. The second-order valence-electron chi connectivity index (χ2n) is 7.98. The van der Waals surface area contributed by atoms with Gasteiger partial charge >= 0.3 is 171 Å². The van der Waals surface area contributed by atoms with Crippen molar-refractivity contribution >= 4 is 32.3 Å². The van der Waals surface area contributed by atoms with E-state index in [-0.39, 0.29) is 0 Å². The van der Waals surface area contributed by atoms with Gasteiger partial charge < -0.3 is 0 Å². The Bertz CT molecular complexity index is 891. The Morgan fingerprint density at radius 3 is 2.11 bits per heavy atom. The Labute approximate surface area is 171 Å². The molecule has 1 nitrogen and oxygen atoms in total. The molecule has 0 saturated heterocycles. The first kappa shape index (κ1) is 19.9. The zero-order valence-corrected chi connectivity index (χ0v) is 19.5. The average molecular weight is 439 g/mol. The van der Waals surface area contributed by atoms with Gasteiger partial charge in [-0.25, -0.2) is 0 Å². The summed E-state index contributed by atoms with van der Waals surface area (Å²) in [5.74, 6) is 0. The van der Waals surface area contributed by atoms with Gasteiger partial charge in [0.2, 0.25) is 0 Å². The van der Waals surface area contributed by atoms with Crippen LogP contribution in [0.3, 0.4) is 0 Å². The fraction of sp³-hybridized carbons (Fsp3) is 0.250. The molecule has 2 aromatic carbocycles. The molecule has 27 heavy (non-hydrogen) atoms. The van der Waals surface area contributed by atoms with Gasteiger partial charge in [-0.15, -0.1) is 0 Å². The average Bonchev–Trinajstić information content (AvgIpc) is 3.00. The third-order valence-electron chi connectivity index (χ3n) is 4.73. The molecule has 0 spiro atoms. The first-order valence-corrected chi connectivity index (χ1v) is 14.7. The number of benzene rings is 2. The van der Waals surface area contributed by atoms with Crippen molar-refractivity contribution in [2.75, 3.05) is 11.4 Å². The van der Waals surface area contributed by atoms with Crippen LogP contribution in [0.5, 0.6) is 0 Å². The van der Waals surface area contributed by atoms with Crippen LogP contribution in [0.15, 0.2) is 73.3 Å². The van der Waals surface area contributed by atoms with Crippen LogP contribution in [0.25, 0.3) is 11.1 Å². The maximum atomic E-state index is 4.04. The monoisotopic (exact) mass is 439 g/mol. The quantitative estimate of drug-likeness (QED) is 0.350. The molecule has 0 fully saturated rings. The van der Waals surface area contributed by atoms with Crippen LogP contribution >= 0.6 is 0 Å². The second kappa shape index (κ2) is 8.47. The third-order valence-corrected chi connectivity index (χ3v) is 9.71. The third kappa shape index (κ3) is 4.55. The molecule has 0 aliphatic carbocycles. The standard InChI is InChI=1S/C24H29NSeSi/c1-6-17-25(18-20-13-9-7-10-14-20)24-22(21-15-11-8-12-16-21)23(19(2)26-24)27(3,4)5/h6-16H,1,17-18H2,2-5H3. The number of nitrogens with zero attached hydrogens (tertiary/aromatic N) is 1. The topological polar surface area (TPSA) is 3.24 Å². The predicted octanol–water partition coefficient (Wildman–Crippen LogP) is 5.46. The van der Waals surface area contributed by atoms with E-state index in [1.165, 1.54) is 21.3 Å². The van der Waals surface area contributed by atoms with Crippen LogP contribution in [-0.4, -0.2) is 29.1 Å². The molecular formula is C24H29NSeSi. The minimum atomic E-state index is -1.45. The molecule has 0 bridgehead atoms. The van der Waals surface area contributed by atoms with Crippen LogP contribution in [0, 0.1) is 6.92 Å². The van der Waals surface area contributed by atoms with Crippen molar-refractivity contribution in [2.24, 2.45) is 0 Å². The van der Waals surface area contributed by atoms with Gasteiger partial charge in [-0.2, -0.15) is 0 Å². The summed E-state index contributed by atoms with van der Waals surface area (Å²) < 4.78 is 3.13. The number of hydrogen-bond acceptors (Lipinski definition) is 1. The van der Waals surface area contributed by atoms with E-state index in [0.29, 0.717) is 14.5 Å². The Morgan fingerprint density at radius 1 is 0.963 bits per heavy atom. The molecule has 140 valence electrons. The van der Waals surface area contributed by atoms with Crippen molar-refractivity contribution in [1.29, 1.82) is 0 Å². The first-order chi connectivity index (χ1) is 12.9. The van der Waals surface area contributed by atoms with Crippen molar-refractivity contribution in [3.05, 3.63) is 83.3 Å². The number of hydrogen-bond donors (Lipinski definition) is 0. The fourth-order valence-corrected chi connectivity index (χ4v) is 10.4. The molecule has 1 aromatic heterocycles. The van der Waals surface area contributed by atoms with Crippen molar-refractivity contribution in [3.63, 3.8) is 0 Å². The molecule has 3 rings (SSSR count). The molecule has 0 aliphatic rings. The summed E-state index contributed by atoms with van der Waals surface area (Å²) in [6.45, 7) is 15.6. The summed E-state index contributed by atoms with van der Waals surface area (Å²) in [5, 5.41) is 1.66. The molecule has 0 saturated carbocycles. The van der Waals surface area contributed by atoms with Gasteiger partial charge in [0.15, 0.2) is 0 Å². The van der Waals surface area contributed by atoms with E-state index in [2.05, 4.69) is 98.7 Å². The van der Waals surface area contributed by atoms with E-state index in [0.717, 1.165) is 13.1 Å². The van der Waals surface area contributed by atoms with Crippen molar-refractivity contribution in [1.82, 2.24) is 0 Å². The van der Waals surface area contributed by atoms with Crippen LogP contribution in [0.1, 0.15) is 10.0 Å². The van der Waals surface area contributed by atoms with Gasteiger partial charge in [-0.1, -0.05) is 0 Å². The zero-order valence-electron chi connectivity index (χ0n) is 16.8. The maximum absolute atomic E-state index is 4.04. The van der Waals surface area contributed by atoms with E-state index in [4.69, 9.17) is 0 Å². The minimum absolute atomic E-state index is 0.374.